The van der Waals surface area contributed by atoms with Crippen molar-refractivity contribution in [3.8, 4) is 0 Å². The molecule has 0 aliphatic carbocycles. The van der Waals surface area contributed by atoms with E-state index in [1.54, 1.807) is 25.1 Å². The molecule has 0 saturated heterocycles. The van der Waals surface area contributed by atoms with Gasteiger partial charge in [0.25, 0.3) is 0 Å². The molecule has 1 aromatic rings. The standard InChI is InChI=1S/C11H12O4/c1-7-2-3-8(4-5-10(12)13)9(6-7)11(14)15/h2-3,6H,4-5H2,1H3,(H,12,13)(H,14,15). The van der Waals surface area contributed by atoms with E-state index in [9.17, 15) is 9.59 Å². The monoisotopic (exact) mass is 208 g/mol. The number of aryl methyl sites for hydroxylation is 2. The maximum atomic E-state index is 10.9. The first-order chi connectivity index (χ1) is 7.00. The highest BCUT2D eigenvalue weighted by Crippen LogP contribution is 2.13. The lowest BCUT2D eigenvalue weighted by molar-refractivity contribution is -0.136. The van der Waals surface area contributed by atoms with Crippen molar-refractivity contribution in [3.05, 3.63) is 34.9 Å². The zero-order valence-electron chi connectivity index (χ0n) is 8.36. The SMILES string of the molecule is Cc1ccc(CCC(=O)O)c(C(=O)O)c1. The molecule has 0 bridgehead atoms. The first-order valence-corrected chi connectivity index (χ1v) is 4.55. The average molecular weight is 208 g/mol. The van der Waals surface area contributed by atoms with Gasteiger partial charge >= 0.3 is 11.9 Å². The number of aliphatic carboxylic acids is 1. The molecular weight excluding hydrogens is 196 g/mol. The fraction of sp³-hybridized carbons (Fsp3) is 0.273. The second-order valence-electron chi connectivity index (χ2n) is 3.36. The quantitative estimate of drug-likeness (QED) is 0.789. The molecule has 0 saturated carbocycles. The van der Waals surface area contributed by atoms with Crippen LogP contribution in [0.3, 0.4) is 0 Å². The van der Waals surface area contributed by atoms with Crippen LogP contribution in [0.4, 0.5) is 0 Å². The van der Waals surface area contributed by atoms with Crippen molar-refractivity contribution >= 4 is 11.9 Å². The van der Waals surface area contributed by atoms with Gasteiger partial charge in [-0.3, -0.25) is 4.79 Å². The maximum Gasteiger partial charge on any atom is 0.335 e. The molecule has 0 fully saturated rings. The van der Waals surface area contributed by atoms with E-state index in [1.807, 2.05) is 0 Å². The van der Waals surface area contributed by atoms with Crippen LogP contribution in [0.5, 0.6) is 0 Å². The van der Waals surface area contributed by atoms with Crippen LogP contribution < -0.4 is 0 Å². The molecule has 1 aromatic carbocycles. The van der Waals surface area contributed by atoms with E-state index in [-0.39, 0.29) is 18.4 Å². The minimum atomic E-state index is -1.01. The highest BCUT2D eigenvalue weighted by atomic mass is 16.4. The predicted octanol–water partition coefficient (Wildman–Crippen LogP) is 1.71. The Hall–Kier alpha value is -1.84. The van der Waals surface area contributed by atoms with Crippen molar-refractivity contribution in [1.82, 2.24) is 0 Å². The lowest BCUT2D eigenvalue weighted by Gasteiger charge is -2.05. The largest absolute Gasteiger partial charge is 0.481 e. The van der Waals surface area contributed by atoms with Gasteiger partial charge in [-0.15, -0.1) is 0 Å². The molecule has 0 spiro atoms. The molecule has 4 nitrogen and oxygen atoms in total. The van der Waals surface area contributed by atoms with E-state index < -0.39 is 11.9 Å². The summed E-state index contributed by atoms with van der Waals surface area (Å²) in [6.45, 7) is 1.80. The maximum absolute atomic E-state index is 10.9. The van der Waals surface area contributed by atoms with Crippen LogP contribution in [0, 0.1) is 6.92 Å². The molecule has 0 atom stereocenters. The van der Waals surface area contributed by atoms with Gasteiger partial charge in [-0.1, -0.05) is 17.7 Å². The van der Waals surface area contributed by atoms with Gasteiger partial charge in [0.2, 0.25) is 0 Å². The molecule has 0 amide bonds. The molecular formula is C11H12O4. The summed E-state index contributed by atoms with van der Waals surface area (Å²) in [5.41, 5.74) is 1.61. The highest BCUT2D eigenvalue weighted by molar-refractivity contribution is 5.89. The van der Waals surface area contributed by atoms with Crippen molar-refractivity contribution < 1.29 is 19.8 Å². The number of carboxylic acids is 2. The van der Waals surface area contributed by atoms with Gasteiger partial charge in [0.1, 0.15) is 0 Å². The van der Waals surface area contributed by atoms with Crippen LogP contribution in [0.25, 0.3) is 0 Å². The smallest absolute Gasteiger partial charge is 0.335 e. The minimum absolute atomic E-state index is 0.0522. The van der Waals surface area contributed by atoms with Gasteiger partial charge in [0.05, 0.1) is 5.56 Å². The third-order valence-corrected chi connectivity index (χ3v) is 2.10. The van der Waals surface area contributed by atoms with Gasteiger partial charge in [0, 0.05) is 6.42 Å². The van der Waals surface area contributed by atoms with Crippen LogP contribution in [-0.4, -0.2) is 22.2 Å². The summed E-state index contributed by atoms with van der Waals surface area (Å²) < 4.78 is 0. The molecule has 4 heteroatoms. The Kier molecular flexibility index (Phi) is 3.44. The first-order valence-electron chi connectivity index (χ1n) is 4.55. The lowest BCUT2D eigenvalue weighted by atomic mass is 10.0. The van der Waals surface area contributed by atoms with Crippen LogP contribution in [0.1, 0.15) is 27.9 Å². The third-order valence-electron chi connectivity index (χ3n) is 2.10. The van der Waals surface area contributed by atoms with Crippen molar-refractivity contribution in [2.75, 3.05) is 0 Å². The Labute approximate surface area is 87.2 Å². The Morgan fingerprint density at radius 3 is 2.47 bits per heavy atom. The molecule has 0 unspecified atom stereocenters. The van der Waals surface area contributed by atoms with Crippen LogP contribution >= 0.6 is 0 Å². The van der Waals surface area contributed by atoms with Gasteiger partial charge < -0.3 is 10.2 Å². The first kappa shape index (κ1) is 11.2. The molecule has 0 radical (unpaired) electrons. The summed E-state index contributed by atoms with van der Waals surface area (Å²) in [5, 5.41) is 17.4. The molecule has 15 heavy (non-hydrogen) atoms. The summed E-state index contributed by atoms with van der Waals surface area (Å²) >= 11 is 0. The fourth-order valence-corrected chi connectivity index (χ4v) is 1.35. The molecule has 2 N–H and O–H groups in total. The van der Waals surface area contributed by atoms with E-state index in [1.165, 1.54) is 0 Å². The number of carboxylic acid groups (broad SMARTS) is 2. The number of aromatic carboxylic acids is 1. The van der Waals surface area contributed by atoms with Gasteiger partial charge in [-0.25, -0.2) is 4.79 Å². The summed E-state index contributed by atoms with van der Waals surface area (Å²) in [7, 11) is 0. The van der Waals surface area contributed by atoms with Crippen LogP contribution in [0.2, 0.25) is 0 Å². The van der Waals surface area contributed by atoms with Crippen molar-refractivity contribution in [2.24, 2.45) is 0 Å². The lowest BCUT2D eigenvalue weighted by Crippen LogP contribution is -2.05. The normalized spacial score (nSPS) is 9.93. The second-order valence-corrected chi connectivity index (χ2v) is 3.36. The minimum Gasteiger partial charge on any atom is -0.481 e. The van der Waals surface area contributed by atoms with E-state index in [4.69, 9.17) is 10.2 Å². The van der Waals surface area contributed by atoms with E-state index in [2.05, 4.69) is 0 Å². The Bertz CT molecular complexity index is 396. The summed E-state index contributed by atoms with van der Waals surface area (Å²) in [6.07, 6.45) is 0.195. The number of hydrogen-bond acceptors (Lipinski definition) is 2. The van der Waals surface area contributed by atoms with E-state index >= 15 is 0 Å². The summed E-state index contributed by atoms with van der Waals surface area (Å²) in [6, 6.07) is 5.00. The molecule has 0 aliphatic heterocycles. The molecule has 0 heterocycles. The van der Waals surface area contributed by atoms with Crippen LogP contribution in [-0.2, 0) is 11.2 Å². The molecule has 0 aliphatic rings. The second kappa shape index (κ2) is 4.59. The zero-order chi connectivity index (χ0) is 11.4. The van der Waals surface area contributed by atoms with Gasteiger partial charge in [-0.05, 0) is 25.0 Å². The Balaban J connectivity index is 2.95. The Morgan fingerprint density at radius 2 is 1.93 bits per heavy atom. The fourth-order valence-electron chi connectivity index (χ4n) is 1.35. The highest BCUT2D eigenvalue weighted by Gasteiger charge is 2.10. The van der Waals surface area contributed by atoms with Gasteiger partial charge in [-0.2, -0.15) is 0 Å². The zero-order valence-corrected chi connectivity index (χ0v) is 8.36. The predicted molar refractivity (Wildman–Crippen MR) is 54.1 cm³/mol. The van der Waals surface area contributed by atoms with Gasteiger partial charge in [0.15, 0.2) is 0 Å². The average Bonchev–Trinajstić information content (AvgIpc) is 2.15. The topological polar surface area (TPSA) is 74.6 Å². The van der Waals surface area contributed by atoms with Crippen LogP contribution in [0.15, 0.2) is 18.2 Å². The van der Waals surface area contributed by atoms with E-state index in [0.717, 1.165) is 5.56 Å². The third kappa shape index (κ3) is 3.09. The number of benzene rings is 1. The number of carbonyl (C=O) groups is 2. The molecule has 0 aromatic heterocycles. The number of rotatable bonds is 4. The van der Waals surface area contributed by atoms with Crippen molar-refractivity contribution in [1.29, 1.82) is 0 Å². The molecule has 1 rings (SSSR count). The number of hydrogen-bond donors (Lipinski definition) is 2. The van der Waals surface area contributed by atoms with Crippen molar-refractivity contribution in [3.63, 3.8) is 0 Å². The molecule has 80 valence electrons. The summed E-state index contributed by atoms with van der Waals surface area (Å²) in [4.78, 5) is 21.2. The Morgan fingerprint density at radius 1 is 1.27 bits per heavy atom. The van der Waals surface area contributed by atoms with E-state index in [0.29, 0.717) is 5.56 Å². The summed E-state index contributed by atoms with van der Waals surface area (Å²) in [5.74, 6) is -1.94. The van der Waals surface area contributed by atoms with Crippen molar-refractivity contribution in [2.45, 2.75) is 19.8 Å².